The number of benzene rings is 1. The normalized spacial score (nSPS) is 20.2. The van der Waals surface area contributed by atoms with E-state index in [0.29, 0.717) is 36.8 Å². The van der Waals surface area contributed by atoms with E-state index in [2.05, 4.69) is 75.7 Å². The van der Waals surface area contributed by atoms with Crippen LogP contribution < -0.4 is 10.1 Å². The average molecular weight is 477 g/mol. The number of nitrogens with zero attached hydrogens (tertiary/aromatic N) is 3. The number of aromatic nitrogens is 2. The van der Waals surface area contributed by atoms with Gasteiger partial charge in [-0.2, -0.15) is 5.10 Å². The summed E-state index contributed by atoms with van der Waals surface area (Å²) in [5.41, 5.74) is 2.20. The fourth-order valence-corrected chi connectivity index (χ4v) is 4.92. The van der Waals surface area contributed by atoms with Crippen LogP contribution in [-0.2, 0) is 6.54 Å². The summed E-state index contributed by atoms with van der Waals surface area (Å²) in [6, 6.07) is 11.2. The second-order valence-corrected chi connectivity index (χ2v) is 9.18. The molecule has 0 saturated heterocycles. The quantitative estimate of drug-likeness (QED) is 0.598. The molecule has 1 aliphatic rings. The summed E-state index contributed by atoms with van der Waals surface area (Å²) in [6.07, 6.45) is 4.18. The van der Waals surface area contributed by atoms with Gasteiger partial charge in [0.25, 0.3) is 0 Å². The number of carbonyl (C=O) groups is 1. The van der Waals surface area contributed by atoms with Gasteiger partial charge in [-0.3, -0.25) is 0 Å². The Morgan fingerprint density at radius 1 is 1.27 bits per heavy atom. The predicted molar refractivity (Wildman–Crippen MR) is 123 cm³/mol. The maximum atomic E-state index is 12.3. The van der Waals surface area contributed by atoms with Crippen LogP contribution in [0.15, 0.2) is 34.8 Å². The second-order valence-electron chi connectivity index (χ2n) is 8.39. The topological polar surface area (TPSA) is 59.4 Å². The highest BCUT2D eigenvalue weighted by Crippen LogP contribution is 2.39. The van der Waals surface area contributed by atoms with E-state index in [9.17, 15) is 4.79 Å². The van der Waals surface area contributed by atoms with Crippen LogP contribution in [-0.4, -0.2) is 41.4 Å². The van der Waals surface area contributed by atoms with E-state index >= 15 is 0 Å². The SMILES string of the molecule is CCn1nc(C)c(Br)c1OC(=O)NCC1CCC(C(c2ccccc2)N(C)C)CC1. The number of hydrogen-bond donors (Lipinski definition) is 1. The van der Waals surface area contributed by atoms with Crippen LogP contribution in [0.25, 0.3) is 0 Å². The molecule has 2 aromatic rings. The molecule has 3 rings (SSSR count). The van der Waals surface area contributed by atoms with Gasteiger partial charge >= 0.3 is 6.09 Å². The lowest BCUT2D eigenvalue weighted by Crippen LogP contribution is -2.35. The molecule has 1 unspecified atom stereocenters. The summed E-state index contributed by atoms with van der Waals surface area (Å²) in [7, 11) is 4.34. The predicted octanol–water partition coefficient (Wildman–Crippen LogP) is 5.17. The van der Waals surface area contributed by atoms with Crippen molar-refractivity contribution in [2.24, 2.45) is 11.8 Å². The number of aryl methyl sites for hydroxylation is 2. The fourth-order valence-electron chi connectivity index (χ4n) is 4.55. The first kappa shape index (κ1) is 22.8. The molecule has 0 spiro atoms. The Kier molecular flexibility index (Phi) is 7.94. The first-order valence-corrected chi connectivity index (χ1v) is 11.6. The summed E-state index contributed by atoms with van der Waals surface area (Å²) in [6.45, 7) is 5.16. The van der Waals surface area contributed by atoms with Crippen LogP contribution in [0.3, 0.4) is 0 Å². The van der Waals surface area contributed by atoms with E-state index in [4.69, 9.17) is 4.74 Å². The molecule has 1 heterocycles. The van der Waals surface area contributed by atoms with Gasteiger partial charge in [0.2, 0.25) is 5.88 Å². The molecule has 164 valence electrons. The number of rotatable bonds is 7. The third-order valence-corrected chi connectivity index (χ3v) is 6.98. The van der Waals surface area contributed by atoms with E-state index in [1.807, 2.05) is 13.8 Å². The van der Waals surface area contributed by atoms with Crippen LogP contribution in [0.5, 0.6) is 5.88 Å². The zero-order chi connectivity index (χ0) is 21.7. The number of amides is 1. The molecule has 1 aliphatic carbocycles. The van der Waals surface area contributed by atoms with Crippen molar-refractivity contribution in [1.82, 2.24) is 20.0 Å². The van der Waals surface area contributed by atoms with Gasteiger partial charge in [-0.05, 0) is 87.0 Å². The summed E-state index contributed by atoms with van der Waals surface area (Å²) < 4.78 is 7.95. The minimum absolute atomic E-state index is 0.414. The van der Waals surface area contributed by atoms with Crippen molar-refractivity contribution >= 4 is 22.0 Å². The highest BCUT2D eigenvalue weighted by molar-refractivity contribution is 9.10. The molecule has 1 saturated carbocycles. The van der Waals surface area contributed by atoms with Crippen molar-refractivity contribution in [3.8, 4) is 5.88 Å². The largest absolute Gasteiger partial charge is 0.413 e. The number of hydrogen-bond acceptors (Lipinski definition) is 4. The summed E-state index contributed by atoms with van der Waals surface area (Å²) in [5, 5.41) is 7.31. The van der Waals surface area contributed by atoms with Gasteiger partial charge in [0.05, 0.1) is 5.69 Å². The Bertz CT molecular complexity index is 829. The lowest BCUT2D eigenvalue weighted by molar-refractivity contribution is 0.146. The highest BCUT2D eigenvalue weighted by atomic mass is 79.9. The van der Waals surface area contributed by atoms with Gasteiger partial charge in [0, 0.05) is 19.1 Å². The van der Waals surface area contributed by atoms with E-state index in [1.54, 1.807) is 4.68 Å². The van der Waals surface area contributed by atoms with Crippen molar-refractivity contribution in [3.05, 3.63) is 46.1 Å². The molecule has 0 bridgehead atoms. The van der Waals surface area contributed by atoms with E-state index in [-0.39, 0.29) is 0 Å². The van der Waals surface area contributed by atoms with Gasteiger partial charge in [0.1, 0.15) is 4.47 Å². The Hall–Kier alpha value is -1.86. The maximum Gasteiger partial charge on any atom is 0.413 e. The molecular formula is C23H33BrN4O2. The lowest BCUT2D eigenvalue weighted by Gasteiger charge is -2.37. The Labute approximate surface area is 188 Å². The lowest BCUT2D eigenvalue weighted by atomic mass is 9.76. The number of ether oxygens (including phenoxy) is 1. The first-order chi connectivity index (χ1) is 14.4. The molecule has 1 N–H and O–H groups in total. The number of carbonyl (C=O) groups excluding carboxylic acids is 1. The molecule has 1 atom stereocenters. The molecule has 0 radical (unpaired) electrons. The van der Waals surface area contributed by atoms with Crippen molar-refractivity contribution in [2.75, 3.05) is 20.6 Å². The molecular weight excluding hydrogens is 444 g/mol. The number of halogens is 1. The zero-order valence-corrected chi connectivity index (χ0v) is 20.0. The van der Waals surface area contributed by atoms with Crippen molar-refractivity contribution in [3.63, 3.8) is 0 Å². The van der Waals surface area contributed by atoms with E-state index in [1.165, 1.54) is 18.4 Å². The molecule has 1 aromatic carbocycles. The monoisotopic (exact) mass is 476 g/mol. The van der Waals surface area contributed by atoms with Crippen molar-refractivity contribution in [1.29, 1.82) is 0 Å². The van der Waals surface area contributed by atoms with Crippen LogP contribution in [0.1, 0.15) is 49.9 Å². The van der Waals surface area contributed by atoms with Gasteiger partial charge in [0.15, 0.2) is 0 Å². The zero-order valence-electron chi connectivity index (χ0n) is 18.4. The Balaban J connectivity index is 1.49. The van der Waals surface area contributed by atoms with E-state index in [0.717, 1.165) is 23.0 Å². The van der Waals surface area contributed by atoms with Crippen molar-refractivity contribution in [2.45, 2.75) is 52.1 Å². The molecule has 30 heavy (non-hydrogen) atoms. The Morgan fingerprint density at radius 2 is 1.93 bits per heavy atom. The van der Waals surface area contributed by atoms with Gasteiger partial charge in [-0.25, -0.2) is 9.48 Å². The Morgan fingerprint density at radius 3 is 2.53 bits per heavy atom. The minimum Gasteiger partial charge on any atom is -0.390 e. The fraction of sp³-hybridized carbons (Fsp3) is 0.565. The average Bonchev–Trinajstić information content (AvgIpc) is 3.01. The molecule has 0 aliphatic heterocycles. The molecule has 1 fully saturated rings. The second kappa shape index (κ2) is 10.4. The van der Waals surface area contributed by atoms with Crippen LogP contribution in [0, 0.1) is 18.8 Å². The summed E-state index contributed by atoms with van der Waals surface area (Å²) in [4.78, 5) is 14.7. The third kappa shape index (κ3) is 5.43. The van der Waals surface area contributed by atoms with Gasteiger partial charge in [-0.1, -0.05) is 30.3 Å². The van der Waals surface area contributed by atoms with E-state index < -0.39 is 6.09 Å². The standard InChI is InChI=1S/C23H33BrN4O2/c1-5-28-22(20(24)16(2)26-28)30-23(29)25-15-17-11-13-19(14-12-17)21(27(3)4)18-9-7-6-8-10-18/h6-10,17,19,21H,5,11-15H2,1-4H3,(H,25,29). The van der Waals surface area contributed by atoms with Crippen LogP contribution in [0.4, 0.5) is 4.79 Å². The molecule has 1 amide bonds. The maximum absolute atomic E-state index is 12.3. The smallest absolute Gasteiger partial charge is 0.390 e. The van der Waals surface area contributed by atoms with Crippen molar-refractivity contribution < 1.29 is 9.53 Å². The van der Waals surface area contributed by atoms with Crippen LogP contribution in [0.2, 0.25) is 0 Å². The first-order valence-electron chi connectivity index (χ1n) is 10.8. The molecule has 7 heteroatoms. The van der Waals surface area contributed by atoms with Gasteiger partial charge in [-0.15, -0.1) is 0 Å². The number of nitrogens with one attached hydrogen (secondary N) is 1. The molecule has 6 nitrogen and oxygen atoms in total. The highest BCUT2D eigenvalue weighted by Gasteiger charge is 2.30. The minimum atomic E-state index is -0.414. The summed E-state index contributed by atoms with van der Waals surface area (Å²) >= 11 is 3.46. The molecule has 1 aromatic heterocycles. The summed E-state index contributed by atoms with van der Waals surface area (Å²) in [5.74, 6) is 1.60. The van der Waals surface area contributed by atoms with Gasteiger partial charge < -0.3 is 15.0 Å². The third-order valence-electron chi connectivity index (χ3n) is 6.07. The van der Waals surface area contributed by atoms with Crippen LogP contribution >= 0.6 is 15.9 Å².